The Morgan fingerprint density at radius 3 is 2.38 bits per heavy atom. The SMILES string of the molecule is CCCC(=O)OCOC(=O)C(C)(CO)CC(Cc1ccc(-c2ccccc2)cc1)NC(=O)c1cnn[nH]1. The van der Waals surface area contributed by atoms with Crippen LogP contribution >= 0.6 is 0 Å². The molecule has 0 spiro atoms. The molecule has 1 aromatic heterocycles. The van der Waals surface area contributed by atoms with Crippen molar-refractivity contribution in [3.63, 3.8) is 0 Å². The van der Waals surface area contributed by atoms with Crippen molar-refractivity contribution < 1.29 is 29.0 Å². The van der Waals surface area contributed by atoms with Crippen LogP contribution in [0, 0.1) is 5.41 Å². The van der Waals surface area contributed by atoms with Crippen LogP contribution in [0.2, 0.25) is 0 Å². The van der Waals surface area contributed by atoms with Crippen molar-refractivity contribution >= 4 is 17.8 Å². The Morgan fingerprint density at radius 2 is 1.76 bits per heavy atom. The molecule has 2 unspecified atom stereocenters. The molecule has 3 rings (SSSR count). The predicted molar refractivity (Wildman–Crippen MR) is 135 cm³/mol. The number of amides is 1. The van der Waals surface area contributed by atoms with Crippen molar-refractivity contribution in [2.24, 2.45) is 5.41 Å². The van der Waals surface area contributed by atoms with E-state index in [1.165, 1.54) is 6.20 Å². The molecule has 1 heterocycles. The minimum Gasteiger partial charge on any atom is -0.428 e. The number of esters is 2. The van der Waals surface area contributed by atoms with Crippen LogP contribution < -0.4 is 5.32 Å². The van der Waals surface area contributed by atoms with Gasteiger partial charge < -0.3 is 19.9 Å². The van der Waals surface area contributed by atoms with Gasteiger partial charge in [0.05, 0.1) is 18.2 Å². The van der Waals surface area contributed by atoms with Gasteiger partial charge in [-0.1, -0.05) is 66.7 Å². The van der Waals surface area contributed by atoms with Gasteiger partial charge in [0.25, 0.3) is 5.91 Å². The summed E-state index contributed by atoms with van der Waals surface area (Å²) in [6.07, 6.45) is 2.58. The number of benzene rings is 2. The van der Waals surface area contributed by atoms with Crippen LogP contribution in [0.5, 0.6) is 0 Å². The van der Waals surface area contributed by atoms with Gasteiger partial charge in [0.15, 0.2) is 0 Å². The Balaban J connectivity index is 1.73. The number of nitrogens with zero attached hydrogens (tertiary/aromatic N) is 2. The highest BCUT2D eigenvalue weighted by Crippen LogP contribution is 2.27. The summed E-state index contributed by atoms with van der Waals surface area (Å²) in [5, 5.41) is 22.7. The standard InChI is InChI=1S/C27H32N4O6/c1-3-7-24(33)36-18-37-26(35)27(2,17-32)15-22(29-25(34)23-16-28-31-30-23)14-19-10-12-21(13-11-19)20-8-5-4-6-9-20/h4-6,8-13,16,22,32H,3,7,14-15,17-18H2,1-2H3,(H,29,34)(H,28,30,31). The second-order valence-electron chi connectivity index (χ2n) is 9.05. The van der Waals surface area contributed by atoms with Gasteiger partial charge in [0.2, 0.25) is 6.79 Å². The van der Waals surface area contributed by atoms with Gasteiger partial charge in [-0.2, -0.15) is 0 Å². The molecule has 1 amide bonds. The molecule has 0 aliphatic carbocycles. The van der Waals surface area contributed by atoms with E-state index in [2.05, 4.69) is 20.7 Å². The van der Waals surface area contributed by atoms with Crippen LogP contribution in [0.15, 0.2) is 60.8 Å². The number of aromatic amines is 1. The van der Waals surface area contributed by atoms with Crippen LogP contribution in [-0.2, 0) is 25.5 Å². The monoisotopic (exact) mass is 508 g/mol. The summed E-state index contributed by atoms with van der Waals surface area (Å²) in [5.41, 5.74) is 1.87. The number of carbonyl (C=O) groups excluding carboxylic acids is 3. The zero-order valence-electron chi connectivity index (χ0n) is 21.0. The Hall–Kier alpha value is -4.05. The number of rotatable bonds is 13. The minimum absolute atomic E-state index is 0.0684. The van der Waals surface area contributed by atoms with Crippen LogP contribution in [0.1, 0.15) is 49.2 Å². The minimum atomic E-state index is -1.36. The van der Waals surface area contributed by atoms with E-state index >= 15 is 0 Å². The summed E-state index contributed by atoms with van der Waals surface area (Å²) in [6.45, 7) is 2.31. The third-order valence-electron chi connectivity index (χ3n) is 5.94. The topological polar surface area (TPSA) is 144 Å². The van der Waals surface area contributed by atoms with E-state index < -0.39 is 42.7 Å². The maximum atomic E-state index is 12.8. The molecule has 0 aliphatic rings. The summed E-state index contributed by atoms with van der Waals surface area (Å²) >= 11 is 0. The fraction of sp³-hybridized carbons (Fsp3) is 0.370. The highest BCUT2D eigenvalue weighted by Gasteiger charge is 2.38. The van der Waals surface area contributed by atoms with Crippen molar-refractivity contribution in [1.29, 1.82) is 0 Å². The lowest BCUT2D eigenvalue weighted by molar-refractivity contribution is -0.176. The number of carbonyl (C=O) groups is 3. The zero-order chi connectivity index (χ0) is 26.7. The van der Waals surface area contributed by atoms with Crippen molar-refractivity contribution in [2.45, 2.75) is 45.6 Å². The molecule has 2 aromatic carbocycles. The lowest BCUT2D eigenvalue weighted by Crippen LogP contribution is -2.45. The molecular formula is C27H32N4O6. The molecule has 3 aromatic rings. The Bertz CT molecular complexity index is 1150. The Morgan fingerprint density at radius 1 is 1.05 bits per heavy atom. The fourth-order valence-corrected chi connectivity index (χ4v) is 3.85. The van der Waals surface area contributed by atoms with Gasteiger partial charge in [-0.3, -0.25) is 19.5 Å². The third kappa shape index (κ3) is 7.97. The average Bonchev–Trinajstić information content (AvgIpc) is 3.45. The molecule has 37 heavy (non-hydrogen) atoms. The van der Waals surface area contributed by atoms with E-state index in [9.17, 15) is 19.5 Å². The predicted octanol–water partition coefficient (Wildman–Crippen LogP) is 3.05. The largest absolute Gasteiger partial charge is 0.428 e. The number of nitrogens with one attached hydrogen (secondary N) is 2. The van der Waals surface area contributed by atoms with Gasteiger partial charge in [0, 0.05) is 12.5 Å². The van der Waals surface area contributed by atoms with E-state index in [-0.39, 0.29) is 18.5 Å². The summed E-state index contributed by atoms with van der Waals surface area (Å²) in [6, 6.07) is 17.3. The smallest absolute Gasteiger partial charge is 0.317 e. The number of aliphatic hydroxyl groups is 1. The molecule has 2 atom stereocenters. The molecule has 0 radical (unpaired) electrons. The maximum absolute atomic E-state index is 12.8. The number of H-pyrrole nitrogens is 1. The van der Waals surface area contributed by atoms with E-state index in [1.54, 1.807) is 6.92 Å². The lowest BCUT2D eigenvalue weighted by Gasteiger charge is -2.30. The summed E-state index contributed by atoms with van der Waals surface area (Å²) in [7, 11) is 0. The Labute approximate surface area is 215 Å². The third-order valence-corrected chi connectivity index (χ3v) is 5.94. The van der Waals surface area contributed by atoms with E-state index in [0.29, 0.717) is 12.8 Å². The van der Waals surface area contributed by atoms with Crippen molar-refractivity contribution in [2.75, 3.05) is 13.4 Å². The summed E-state index contributed by atoms with van der Waals surface area (Å²) in [5.74, 6) is -1.66. The average molecular weight is 509 g/mol. The van der Waals surface area contributed by atoms with E-state index in [1.807, 2.05) is 61.5 Å². The lowest BCUT2D eigenvalue weighted by atomic mass is 9.82. The Kier molecular flexibility index (Phi) is 9.91. The van der Waals surface area contributed by atoms with Gasteiger partial charge in [0.1, 0.15) is 5.69 Å². The quantitative estimate of drug-likeness (QED) is 0.236. The molecule has 196 valence electrons. The molecule has 0 aliphatic heterocycles. The number of aliphatic hydroxyl groups excluding tert-OH is 1. The molecule has 10 heteroatoms. The number of ether oxygens (including phenoxy) is 2. The second kappa shape index (κ2) is 13.3. The highest BCUT2D eigenvalue weighted by atomic mass is 16.7. The molecular weight excluding hydrogens is 476 g/mol. The first-order chi connectivity index (χ1) is 17.8. The van der Waals surface area contributed by atoms with Gasteiger partial charge in [-0.25, -0.2) is 0 Å². The first kappa shape index (κ1) is 27.5. The van der Waals surface area contributed by atoms with Crippen LogP contribution in [0.3, 0.4) is 0 Å². The van der Waals surface area contributed by atoms with Crippen molar-refractivity contribution in [3.05, 3.63) is 72.1 Å². The second-order valence-corrected chi connectivity index (χ2v) is 9.05. The normalized spacial score (nSPS) is 13.3. The number of hydrogen-bond acceptors (Lipinski definition) is 8. The first-order valence-electron chi connectivity index (χ1n) is 12.1. The summed E-state index contributed by atoms with van der Waals surface area (Å²) < 4.78 is 10.0. The van der Waals surface area contributed by atoms with E-state index in [0.717, 1.165) is 16.7 Å². The van der Waals surface area contributed by atoms with Crippen LogP contribution in [0.4, 0.5) is 0 Å². The van der Waals surface area contributed by atoms with Crippen LogP contribution in [-0.4, -0.2) is 57.8 Å². The molecule has 0 fully saturated rings. The van der Waals surface area contributed by atoms with Crippen molar-refractivity contribution in [3.8, 4) is 11.1 Å². The molecule has 10 nitrogen and oxygen atoms in total. The van der Waals surface area contributed by atoms with Gasteiger partial charge in [-0.05, 0) is 42.9 Å². The zero-order valence-corrected chi connectivity index (χ0v) is 21.0. The number of hydrogen-bond donors (Lipinski definition) is 3. The van der Waals surface area contributed by atoms with Crippen molar-refractivity contribution in [1.82, 2.24) is 20.7 Å². The fourth-order valence-electron chi connectivity index (χ4n) is 3.85. The molecule has 0 saturated carbocycles. The first-order valence-corrected chi connectivity index (χ1v) is 12.1. The molecule has 0 bridgehead atoms. The van der Waals surface area contributed by atoms with Crippen LogP contribution in [0.25, 0.3) is 11.1 Å². The molecule has 0 saturated heterocycles. The maximum Gasteiger partial charge on any atom is 0.317 e. The number of aromatic nitrogens is 3. The summed E-state index contributed by atoms with van der Waals surface area (Å²) in [4.78, 5) is 37.1. The molecule has 3 N–H and O–H groups in total. The van der Waals surface area contributed by atoms with E-state index in [4.69, 9.17) is 9.47 Å². The highest BCUT2D eigenvalue weighted by molar-refractivity contribution is 5.92. The van der Waals surface area contributed by atoms with Gasteiger partial charge in [-0.15, -0.1) is 5.10 Å². The van der Waals surface area contributed by atoms with Gasteiger partial charge >= 0.3 is 11.9 Å².